The van der Waals surface area contributed by atoms with E-state index < -0.39 is 0 Å². The van der Waals surface area contributed by atoms with Crippen LogP contribution in [-0.4, -0.2) is 0 Å². The van der Waals surface area contributed by atoms with Gasteiger partial charge < -0.3 is 10.5 Å². The summed E-state index contributed by atoms with van der Waals surface area (Å²) >= 11 is 0. The summed E-state index contributed by atoms with van der Waals surface area (Å²) in [5, 5.41) is 0. The normalized spacial score (nSPS) is 10.4. The fourth-order valence-electron chi connectivity index (χ4n) is 1.73. The summed E-state index contributed by atoms with van der Waals surface area (Å²) in [5.41, 5.74) is 8.51. The van der Waals surface area contributed by atoms with Crippen molar-refractivity contribution in [3.63, 3.8) is 0 Å². The van der Waals surface area contributed by atoms with Gasteiger partial charge >= 0.3 is 0 Å². The molecule has 0 saturated carbocycles. The minimum atomic E-state index is -0.370. The number of nitrogens with two attached hydrogens (primary N) is 1. The summed E-state index contributed by atoms with van der Waals surface area (Å²) in [4.78, 5) is 0. The van der Waals surface area contributed by atoms with Gasteiger partial charge in [-0.25, -0.2) is 4.39 Å². The minimum Gasteiger partial charge on any atom is -0.454 e. The van der Waals surface area contributed by atoms with Gasteiger partial charge in [0.2, 0.25) is 0 Å². The maximum absolute atomic E-state index is 13.6. The third-order valence-electron chi connectivity index (χ3n) is 2.75. The Morgan fingerprint density at radius 2 is 1.61 bits per heavy atom. The second-order valence-electron chi connectivity index (χ2n) is 4.35. The van der Waals surface area contributed by atoms with E-state index >= 15 is 0 Å². The number of halogens is 1. The molecule has 3 heteroatoms. The molecular formula is C15H16FNO. The van der Waals surface area contributed by atoms with Crippen LogP contribution in [0.5, 0.6) is 11.5 Å². The van der Waals surface area contributed by atoms with Gasteiger partial charge in [-0.1, -0.05) is 18.2 Å². The van der Waals surface area contributed by atoms with Gasteiger partial charge in [-0.3, -0.25) is 0 Å². The van der Waals surface area contributed by atoms with Crippen LogP contribution in [0.4, 0.5) is 4.39 Å². The maximum Gasteiger partial charge on any atom is 0.165 e. The van der Waals surface area contributed by atoms with Crippen LogP contribution < -0.4 is 10.5 Å². The lowest BCUT2D eigenvalue weighted by Crippen LogP contribution is -2.00. The van der Waals surface area contributed by atoms with E-state index in [2.05, 4.69) is 0 Å². The molecule has 18 heavy (non-hydrogen) atoms. The highest BCUT2D eigenvalue weighted by Gasteiger charge is 2.08. The highest BCUT2D eigenvalue weighted by Crippen LogP contribution is 2.28. The zero-order valence-electron chi connectivity index (χ0n) is 10.5. The van der Waals surface area contributed by atoms with Crippen LogP contribution in [0.3, 0.4) is 0 Å². The Kier molecular flexibility index (Phi) is 3.63. The number of benzene rings is 2. The predicted molar refractivity (Wildman–Crippen MR) is 70.3 cm³/mol. The second kappa shape index (κ2) is 5.19. The van der Waals surface area contributed by atoms with Crippen molar-refractivity contribution >= 4 is 0 Å². The van der Waals surface area contributed by atoms with Crippen LogP contribution in [0.15, 0.2) is 36.4 Å². The van der Waals surface area contributed by atoms with Crippen molar-refractivity contribution in [2.24, 2.45) is 5.73 Å². The topological polar surface area (TPSA) is 35.2 Å². The fourth-order valence-corrected chi connectivity index (χ4v) is 1.73. The molecule has 0 heterocycles. The Labute approximate surface area is 106 Å². The molecule has 0 aliphatic heterocycles. The van der Waals surface area contributed by atoms with Crippen molar-refractivity contribution in [3.8, 4) is 11.5 Å². The van der Waals surface area contributed by atoms with E-state index in [0.29, 0.717) is 12.3 Å². The van der Waals surface area contributed by atoms with Gasteiger partial charge in [-0.05, 0) is 43.2 Å². The monoisotopic (exact) mass is 245 g/mol. The van der Waals surface area contributed by atoms with Crippen LogP contribution in [0.2, 0.25) is 0 Å². The molecule has 0 amide bonds. The van der Waals surface area contributed by atoms with Crippen LogP contribution in [0.25, 0.3) is 0 Å². The summed E-state index contributed by atoms with van der Waals surface area (Å²) in [7, 11) is 0. The molecular weight excluding hydrogens is 229 g/mol. The molecule has 2 N–H and O–H groups in total. The van der Waals surface area contributed by atoms with Crippen molar-refractivity contribution in [1.29, 1.82) is 0 Å². The molecule has 0 aliphatic rings. The van der Waals surface area contributed by atoms with Gasteiger partial charge in [0.1, 0.15) is 5.75 Å². The largest absolute Gasteiger partial charge is 0.454 e. The molecule has 0 aliphatic carbocycles. The second-order valence-corrected chi connectivity index (χ2v) is 4.35. The Balaban J connectivity index is 2.38. The van der Waals surface area contributed by atoms with Crippen LogP contribution >= 0.6 is 0 Å². The van der Waals surface area contributed by atoms with Gasteiger partial charge in [0.25, 0.3) is 0 Å². The van der Waals surface area contributed by atoms with Crippen molar-refractivity contribution in [3.05, 3.63) is 58.9 Å². The number of hydrogen-bond acceptors (Lipinski definition) is 2. The van der Waals surface area contributed by atoms with Crippen molar-refractivity contribution in [2.75, 3.05) is 0 Å². The maximum atomic E-state index is 13.6. The van der Waals surface area contributed by atoms with Gasteiger partial charge in [0.15, 0.2) is 11.6 Å². The molecule has 94 valence electrons. The summed E-state index contributed by atoms with van der Waals surface area (Å²) in [5.74, 6) is 0.474. The number of ether oxygens (including phenoxy) is 1. The Morgan fingerprint density at radius 3 is 2.28 bits per heavy atom. The van der Waals surface area contributed by atoms with E-state index in [1.807, 2.05) is 32.0 Å². The summed E-state index contributed by atoms with van der Waals surface area (Å²) < 4.78 is 19.3. The quantitative estimate of drug-likeness (QED) is 0.895. The number of aryl methyl sites for hydroxylation is 2. The van der Waals surface area contributed by atoms with E-state index in [1.165, 1.54) is 6.07 Å². The van der Waals surface area contributed by atoms with Gasteiger partial charge in [0.05, 0.1) is 0 Å². The average molecular weight is 245 g/mol. The van der Waals surface area contributed by atoms with Gasteiger partial charge in [-0.15, -0.1) is 0 Å². The fraction of sp³-hybridized carbons (Fsp3) is 0.200. The Hall–Kier alpha value is -1.87. The van der Waals surface area contributed by atoms with Crippen LogP contribution in [0, 0.1) is 19.7 Å². The molecule has 0 saturated heterocycles. The molecule has 2 aromatic rings. The minimum absolute atomic E-state index is 0.232. The first-order valence-electron chi connectivity index (χ1n) is 5.84. The van der Waals surface area contributed by atoms with E-state index in [4.69, 9.17) is 10.5 Å². The SMILES string of the molecule is Cc1ccc(F)c(Oc2cc(C)ccc2CN)c1. The highest BCUT2D eigenvalue weighted by atomic mass is 19.1. The molecule has 0 aromatic heterocycles. The Bertz CT molecular complexity index is 566. The van der Waals surface area contributed by atoms with Crippen LogP contribution in [0.1, 0.15) is 16.7 Å². The lowest BCUT2D eigenvalue weighted by atomic mass is 10.1. The van der Waals surface area contributed by atoms with Crippen molar-refractivity contribution in [1.82, 2.24) is 0 Å². The third-order valence-corrected chi connectivity index (χ3v) is 2.75. The van der Waals surface area contributed by atoms with Crippen LogP contribution in [-0.2, 0) is 6.54 Å². The first-order valence-corrected chi connectivity index (χ1v) is 5.84. The molecule has 0 atom stereocenters. The molecule has 2 rings (SSSR count). The lowest BCUT2D eigenvalue weighted by molar-refractivity contribution is 0.437. The predicted octanol–water partition coefficient (Wildman–Crippen LogP) is 3.69. The van der Waals surface area contributed by atoms with E-state index in [0.717, 1.165) is 16.7 Å². The van der Waals surface area contributed by atoms with Crippen molar-refractivity contribution < 1.29 is 9.13 Å². The molecule has 0 spiro atoms. The standard InChI is InChI=1S/C15H16FNO/c1-10-3-5-12(9-17)14(7-10)18-15-8-11(2)4-6-13(15)16/h3-8H,9,17H2,1-2H3. The van der Waals surface area contributed by atoms with Gasteiger partial charge in [0, 0.05) is 12.1 Å². The highest BCUT2D eigenvalue weighted by molar-refractivity contribution is 5.41. The summed E-state index contributed by atoms with van der Waals surface area (Å²) in [6.45, 7) is 4.22. The molecule has 0 bridgehead atoms. The molecule has 0 radical (unpaired) electrons. The molecule has 0 fully saturated rings. The third kappa shape index (κ3) is 2.68. The van der Waals surface area contributed by atoms with E-state index in [-0.39, 0.29) is 11.6 Å². The average Bonchev–Trinajstić information content (AvgIpc) is 2.34. The van der Waals surface area contributed by atoms with Crippen molar-refractivity contribution in [2.45, 2.75) is 20.4 Å². The lowest BCUT2D eigenvalue weighted by Gasteiger charge is -2.12. The zero-order chi connectivity index (χ0) is 13.1. The Morgan fingerprint density at radius 1 is 1.00 bits per heavy atom. The zero-order valence-corrected chi connectivity index (χ0v) is 10.5. The first kappa shape index (κ1) is 12.6. The smallest absolute Gasteiger partial charge is 0.165 e. The van der Waals surface area contributed by atoms with Gasteiger partial charge in [-0.2, -0.15) is 0 Å². The molecule has 2 aromatic carbocycles. The summed E-state index contributed by atoms with van der Waals surface area (Å²) in [6, 6.07) is 10.5. The molecule has 0 unspecified atom stereocenters. The summed E-state index contributed by atoms with van der Waals surface area (Å²) in [6.07, 6.45) is 0. The number of rotatable bonds is 3. The van der Waals surface area contributed by atoms with E-state index in [9.17, 15) is 4.39 Å². The molecule has 2 nitrogen and oxygen atoms in total. The first-order chi connectivity index (χ1) is 8.60. The van der Waals surface area contributed by atoms with E-state index in [1.54, 1.807) is 12.1 Å². The number of hydrogen-bond donors (Lipinski definition) is 1.